The Morgan fingerprint density at radius 1 is 1.38 bits per heavy atom. The second-order valence-corrected chi connectivity index (χ2v) is 8.06. The zero-order valence-corrected chi connectivity index (χ0v) is 15.8. The molecule has 1 saturated heterocycles. The van der Waals surface area contributed by atoms with Crippen LogP contribution in [0.4, 0.5) is 10.5 Å². The van der Waals surface area contributed by atoms with Crippen molar-refractivity contribution in [3.63, 3.8) is 0 Å². The average Bonchev–Trinajstić information content (AvgIpc) is 2.94. The van der Waals surface area contributed by atoms with Crippen LogP contribution in [0.2, 0.25) is 0 Å². The van der Waals surface area contributed by atoms with Crippen LogP contribution in [0.1, 0.15) is 33.6 Å². The molecular formula is C17H23BrN4O2. The number of carbonyl (C=O) groups excluding carboxylic acids is 1. The van der Waals surface area contributed by atoms with Crippen molar-refractivity contribution in [3.05, 3.63) is 29.3 Å². The summed E-state index contributed by atoms with van der Waals surface area (Å²) in [5, 5.41) is 3.59. The quantitative estimate of drug-likeness (QED) is 0.838. The standard InChI is InChI=1S/C17H23BrN4O2/c1-17(2,3)24-16(23)21-6-4-13(5-7-21)20-14-8-12(18)10-22-11-19-9-15(14)22/h8-11,13,20H,4-7H2,1-3H3. The van der Waals surface area contributed by atoms with Crippen molar-refractivity contribution in [2.45, 2.75) is 45.3 Å². The topological polar surface area (TPSA) is 58.9 Å². The molecule has 0 aliphatic carbocycles. The van der Waals surface area contributed by atoms with Crippen molar-refractivity contribution in [2.24, 2.45) is 0 Å². The molecule has 1 N–H and O–H groups in total. The highest BCUT2D eigenvalue weighted by atomic mass is 79.9. The third-order valence-corrected chi connectivity index (χ3v) is 4.43. The molecule has 1 aliphatic rings. The number of anilines is 1. The number of halogens is 1. The van der Waals surface area contributed by atoms with Gasteiger partial charge in [-0.05, 0) is 55.6 Å². The lowest BCUT2D eigenvalue weighted by Gasteiger charge is -2.34. The normalized spacial score (nSPS) is 16.4. The van der Waals surface area contributed by atoms with Gasteiger partial charge in [0.25, 0.3) is 0 Å². The van der Waals surface area contributed by atoms with Crippen LogP contribution in [0.25, 0.3) is 5.52 Å². The number of nitrogens with zero attached hydrogens (tertiary/aromatic N) is 3. The summed E-state index contributed by atoms with van der Waals surface area (Å²) >= 11 is 3.53. The van der Waals surface area contributed by atoms with Gasteiger partial charge in [0.05, 0.1) is 23.7 Å². The minimum atomic E-state index is -0.448. The van der Waals surface area contributed by atoms with E-state index in [1.54, 1.807) is 11.2 Å². The third kappa shape index (κ3) is 4.01. The lowest BCUT2D eigenvalue weighted by Crippen LogP contribution is -2.44. The molecule has 3 rings (SSSR count). The highest BCUT2D eigenvalue weighted by molar-refractivity contribution is 9.10. The van der Waals surface area contributed by atoms with E-state index in [0.717, 1.165) is 28.5 Å². The van der Waals surface area contributed by atoms with Crippen molar-refractivity contribution in [3.8, 4) is 0 Å². The second-order valence-electron chi connectivity index (χ2n) is 7.14. The van der Waals surface area contributed by atoms with Crippen molar-refractivity contribution in [1.82, 2.24) is 14.3 Å². The first-order chi connectivity index (χ1) is 11.3. The SMILES string of the molecule is CC(C)(C)OC(=O)N1CCC(Nc2cc(Br)cn3cncc23)CC1. The van der Waals surface area contributed by atoms with Gasteiger partial charge >= 0.3 is 6.09 Å². The molecule has 1 fully saturated rings. The second kappa shape index (κ2) is 6.63. The number of amides is 1. The predicted octanol–water partition coefficient (Wildman–Crippen LogP) is 3.91. The number of piperidine rings is 1. The Bertz CT molecular complexity index is 730. The number of rotatable bonds is 2. The third-order valence-electron chi connectivity index (χ3n) is 3.99. The number of ether oxygens (including phenoxy) is 1. The van der Waals surface area contributed by atoms with Gasteiger partial charge in [-0.25, -0.2) is 9.78 Å². The molecule has 0 aromatic carbocycles. The summed E-state index contributed by atoms with van der Waals surface area (Å²) in [6.07, 6.45) is 7.19. The number of nitrogens with one attached hydrogen (secondary N) is 1. The van der Waals surface area contributed by atoms with Gasteiger partial charge in [0.2, 0.25) is 0 Å². The number of fused-ring (bicyclic) bond motifs is 1. The van der Waals surface area contributed by atoms with Gasteiger partial charge in [0.1, 0.15) is 5.60 Å². The fraction of sp³-hybridized carbons (Fsp3) is 0.529. The first-order valence-corrected chi connectivity index (χ1v) is 8.97. The van der Waals surface area contributed by atoms with Gasteiger partial charge < -0.3 is 19.4 Å². The maximum absolute atomic E-state index is 12.1. The highest BCUT2D eigenvalue weighted by Crippen LogP contribution is 2.25. The van der Waals surface area contributed by atoms with Crippen LogP contribution in [0.15, 0.2) is 29.3 Å². The van der Waals surface area contributed by atoms with Crippen LogP contribution >= 0.6 is 15.9 Å². The first-order valence-electron chi connectivity index (χ1n) is 8.17. The zero-order valence-electron chi connectivity index (χ0n) is 14.3. The Balaban J connectivity index is 1.61. The van der Waals surface area contributed by atoms with Crippen LogP contribution in [0.5, 0.6) is 0 Å². The van der Waals surface area contributed by atoms with E-state index in [1.807, 2.05) is 37.6 Å². The van der Waals surface area contributed by atoms with E-state index >= 15 is 0 Å². The number of pyridine rings is 1. The fourth-order valence-electron chi connectivity index (χ4n) is 2.87. The Morgan fingerprint density at radius 3 is 2.75 bits per heavy atom. The number of hydrogen-bond acceptors (Lipinski definition) is 4. The van der Waals surface area contributed by atoms with Gasteiger partial charge in [0, 0.05) is 29.8 Å². The monoisotopic (exact) mass is 394 g/mol. The van der Waals surface area contributed by atoms with Crippen LogP contribution in [0.3, 0.4) is 0 Å². The number of imidazole rings is 1. The minimum absolute atomic E-state index is 0.221. The molecule has 1 amide bonds. The molecule has 2 aromatic rings. The van der Waals surface area contributed by atoms with Crippen molar-refractivity contribution >= 4 is 33.2 Å². The first kappa shape index (κ1) is 17.1. The molecule has 24 heavy (non-hydrogen) atoms. The van der Waals surface area contributed by atoms with Crippen LogP contribution in [-0.2, 0) is 4.74 Å². The van der Waals surface area contributed by atoms with E-state index in [9.17, 15) is 4.79 Å². The molecule has 2 aromatic heterocycles. The lowest BCUT2D eigenvalue weighted by molar-refractivity contribution is 0.0210. The maximum atomic E-state index is 12.1. The summed E-state index contributed by atoms with van der Waals surface area (Å²) in [7, 11) is 0. The van der Waals surface area contributed by atoms with Gasteiger partial charge in [-0.2, -0.15) is 0 Å². The average molecular weight is 395 g/mol. The molecule has 0 bridgehead atoms. The Kier molecular flexibility index (Phi) is 4.71. The molecule has 130 valence electrons. The van der Waals surface area contributed by atoms with Crippen LogP contribution < -0.4 is 5.32 Å². The number of carbonyl (C=O) groups is 1. The van der Waals surface area contributed by atoms with Gasteiger partial charge in [-0.15, -0.1) is 0 Å². The van der Waals surface area contributed by atoms with Crippen LogP contribution in [0, 0.1) is 0 Å². The van der Waals surface area contributed by atoms with E-state index in [2.05, 4.69) is 32.3 Å². The number of hydrogen-bond donors (Lipinski definition) is 1. The number of aromatic nitrogens is 2. The van der Waals surface area contributed by atoms with Gasteiger partial charge in [-0.3, -0.25) is 0 Å². The zero-order chi connectivity index (χ0) is 17.3. The molecule has 0 radical (unpaired) electrons. The van der Waals surface area contributed by atoms with E-state index < -0.39 is 5.60 Å². The van der Waals surface area contributed by atoms with Crippen molar-refractivity contribution in [2.75, 3.05) is 18.4 Å². The highest BCUT2D eigenvalue weighted by Gasteiger charge is 2.27. The van der Waals surface area contributed by atoms with E-state index in [-0.39, 0.29) is 6.09 Å². The smallest absolute Gasteiger partial charge is 0.410 e. The molecule has 0 atom stereocenters. The minimum Gasteiger partial charge on any atom is -0.444 e. The molecule has 0 unspecified atom stereocenters. The summed E-state index contributed by atoms with van der Waals surface area (Å²) in [6, 6.07) is 2.40. The van der Waals surface area contributed by atoms with Crippen molar-refractivity contribution < 1.29 is 9.53 Å². The van der Waals surface area contributed by atoms with Gasteiger partial charge in [0.15, 0.2) is 0 Å². The van der Waals surface area contributed by atoms with E-state index in [1.165, 1.54) is 0 Å². The van der Waals surface area contributed by atoms with E-state index in [0.29, 0.717) is 19.1 Å². The Hall–Kier alpha value is -1.76. The summed E-state index contributed by atoms with van der Waals surface area (Å²) in [4.78, 5) is 18.1. The predicted molar refractivity (Wildman–Crippen MR) is 97.3 cm³/mol. The lowest BCUT2D eigenvalue weighted by atomic mass is 10.0. The summed E-state index contributed by atoms with van der Waals surface area (Å²) in [5.74, 6) is 0. The van der Waals surface area contributed by atoms with Crippen molar-refractivity contribution in [1.29, 1.82) is 0 Å². The molecule has 7 heteroatoms. The molecule has 0 spiro atoms. The molecule has 0 saturated carbocycles. The molecular weight excluding hydrogens is 372 g/mol. The molecule has 1 aliphatic heterocycles. The molecule has 6 nitrogen and oxygen atoms in total. The molecule has 3 heterocycles. The van der Waals surface area contributed by atoms with Gasteiger partial charge in [-0.1, -0.05) is 0 Å². The summed E-state index contributed by atoms with van der Waals surface area (Å²) in [5.41, 5.74) is 1.65. The Morgan fingerprint density at radius 2 is 2.08 bits per heavy atom. The summed E-state index contributed by atoms with van der Waals surface area (Å²) < 4.78 is 8.43. The summed E-state index contributed by atoms with van der Waals surface area (Å²) in [6.45, 7) is 7.09. The van der Waals surface area contributed by atoms with Crippen LogP contribution in [-0.4, -0.2) is 45.1 Å². The maximum Gasteiger partial charge on any atom is 0.410 e. The number of likely N-dealkylation sites (tertiary alicyclic amines) is 1. The largest absolute Gasteiger partial charge is 0.444 e. The Labute approximate surface area is 150 Å². The fourth-order valence-corrected chi connectivity index (χ4v) is 3.32. The van der Waals surface area contributed by atoms with E-state index in [4.69, 9.17) is 4.74 Å².